The largest absolute Gasteiger partial charge is 0.496 e. The quantitative estimate of drug-likeness (QED) is 0.0758. The number of likely N-dealkylation sites (N-methyl/N-ethyl adjacent to an activating group) is 1. The molecule has 7 atom stereocenters. The van der Waals surface area contributed by atoms with Crippen molar-refractivity contribution >= 4 is 28.5 Å². The molecule has 5 heterocycles. The van der Waals surface area contributed by atoms with Crippen molar-refractivity contribution in [3.8, 4) is 5.75 Å². The lowest BCUT2D eigenvalue weighted by Gasteiger charge is -2.60. The van der Waals surface area contributed by atoms with Crippen molar-refractivity contribution in [1.29, 1.82) is 0 Å². The normalized spacial score (nSPS) is 35.1. The Hall–Kier alpha value is -3.94. The highest BCUT2D eigenvalue weighted by atomic mass is 16.5. The Labute approximate surface area is 311 Å². The number of nitrogens with two attached hydrogens (primary N) is 1. The number of aromatic nitrogens is 1. The van der Waals surface area contributed by atoms with E-state index in [9.17, 15) is 19.8 Å². The van der Waals surface area contributed by atoms with Crippen LogP contribution >= 0.6 is 0 Å². The molecule has 1 saturated heterocycles. The Balaban J connectivity index is 1.43. The van der Waals surface area contributed by atoms with Crippen LogP contribution in [0.5, 0.6) is 5.75 Å². The fourth-order valence-corrected chi connectivity index (χ4v) is 11.8. The van der Waals surface area contributed by atoms with Gasteiger partial charge in [0.25, 0.3) is 5.91 Å². The number of amides is 1. The number of hydrogen-bond acceptors (Lipinski definition) is 10. The van der Waals surface area contributed by atoms with Gasteiger partial charge in [0.1, 0.15) is 11.2 Å². The summed E-state index contributed by atoms with van der Waals surface area (Å²) >= 11 is 0. The number of nitrogens with zero attached hydrogens (tertiary/aromatic N) is 2. The number of anilines is 1. The highest BCUT2D eigenvalue weighted by Gasteiger charge is 2.74. The van der Waals surface area contributed by atoms with E-state index in [0.717, 1.165) is 46.5 Å². The van der Waals surface area contributed by atoms with E-state index in [1.165, 1.54) is 7.11 Å². The Morgan fingerprint density at radius 1 is 1.09 bits per heavy atom. The van der Waals surface area contributed by atoms with Crippen LogP contribution in [0.15, 0.2) is 48.6 Å². The Morgan fingerprint density at radius 2 is 1.89 bits per heavy atom. The third-order valence-corrected chi connectivity index (χ3v) is 13.9. The van der Waals surface area contributed by atoms with Crippen LogP contribution in [0.25, 0.3) is 10.9 Å². The number of hydrogen-bond donors (Lipinski definition) is 6. The number of aliphatic hydroxyl groups is 2. The zero-order chi connectivity index (χ0) is 37.6. The molecular weight excluding hydrogens is 672 g/mol. The summed E-state index contributed by atoms with van der Waals surface area (Å²) < 4.78 is 12.1. The number of fused-ring (bicyclic) bond motifs is 4. The number of ether oxygens (including phenoxy) is 2. The fraction of sp³-hybridized carbons (Fsp3) is 0.561. The van der Waals surface area contributed by atoms with E-state index in [1.807, 2.05) is 43.1 Å². The van der Waals surface area contributed by atoms with Crippen LogP contribution in [0.4, 0.5) is 5.69 Å². The van der Waals surface area contributed by atoms with Gasteiger partial charge < -0.3 is 34.9 Å². The molecule has 12 nitrogen and oxygen atoms in total. The van der Waals surface area contributed by atoms with E-state index < -0.39 is 45.4 Å². The molecule has 0 radical (unpaired) electrons. The molecule has 1 saturated carbocycles. The molecule has 4 aliphatic heterocycles. The first-order valence-corrected chi connectivity index (χ1v) is 19.1. The molecule has 7 N–H and O–H groups in total. The van der Waals surface area contributed by atoms with Crippen LogP contribution < -0.4 is 26.2 Å². The summed E-state index contributed by atoms with van der Waals surface area (Å²) in [7, 11) is 4.99. The molecule has 8 rings (SSSR count). The highest BCUT2D eigenvalue weighted by molar-refractivity contribution is 5.95. The van der Waals surface area contributed by atoms with E-state index in [0.29, 0.717) is 62.9 Å². The van der Waals surface area contributed by atoms with Gasteiger partial charge in [-0.05, 0) is 81.3 Å². The number of aromatic amines is 1. The van der Waals surface area contributed by atoms with Crippen molar-refractivity contribution < 1.29 is 29.3 Å². The smallest absolute Gasteiger partial charge is 0.322 e. The van der Waals surface area contributed by atoms with Crippen molar-refractivity contribution in [1.82, 2.24) is 20.6 Å². The second-order valence-electron chi connectivity index (χ2n) is 16.5. The maximum absolute atomic E-state index is 15.0. The number of esters is 1. The second kappa shape index (κ2) is 12.6. The summed E-state index contributed by atoms with van der Waals surface area (Å²) in [5.41, 5.74) is 2.11. The first-order valence-electron chi connectivity index (χ1n) is 19.1. The van der Waals surface area contributed by atoms with Crippen LogP contribution in [-0.4, -0.2) is 103 Å². The Bertz CT molecular complexity index is 2000. The third kappa shape index (κ3) is 4.85. The van der Waals surface area contributed by atoms with Crippen molar-refractivity contribution in [2.24, 2.45) is 11.3 Å². The molecule has 3 aromatic rings. The molecule has 1 aliphatic carbocycles. The van der Waals surface area contributed by atoms with Crippen LogP contribution in [-0.2, 0) is 31.6 Å². The number of nitrogens with one attached hydrogen (secondary N) is 3. The van der Waals surface area contributed by atoms with Crippen molar-refractivity contribution in [3.05, 3.63) is 70.9 Å². The van der Waals surface area contributed by atoms with Gasteiger partial charge in [-0.2, -0.15) is 0 Å². The monoisotopic (exact) mass is 726 g/mol. The number of β-amino-alcohol motifs (C(OH)–C–C–N with tert-alkyl or cyclic N) is 1. The number of hydrazine groups is 1. The van der Waals surface area contributed by atoms with Gasteiger partial charge >= 0.3 is 5.97 Å². The van der Waals surface area contributed by atoms with Crippen LogP contribution in [0.2, 0.25) is 0 Å². The molecule has 1 spiro atoms. The molecular formula is C41H54N6O6. The molecule has 284 valence electrons. The first-order chi connectivity index (χ1) is 25.4. The average Bonchev–Trinajstić information content (AvgIpc) is 3.81. The lowest BCUT2D eigenvalue weighted by Crippen LogP contribution is -2.75. The summed E-state index contributed by atoms with van der Waals surface area (Å²) in [6, 6.07) is 11.6. The number of H-pyrrole nitrogens is 1. The van der Waals surface area contributed by atoms with Crippen LogP contribution in [0.1, 0.15) is 74.8 Å². The topological polar surface area (TPSA) is 165 Å². The van der Waals surface area contributed by atoms with Gasteiger partial charge in [0.05, 0.1) is 25.9 Å². The number of methoxy groups -OCH3 is 2. The zero-order valence-corrected chi connectivity index (χ0v) is 31.6. The van der Waals surface area contributed by atoms with Gasteiger partial charge in [0.2, 0.25) is 0 Å². The van der Waals surface area contributed by atoms with Gasteiger partial charge in [-0.15, -0.1) is 0 Å². The summed E-state index contributed by atoms with van der Waals surface area (Å²) in [6.45, 7) is 6.76. The van der Waals surface area contributed by atoms with Gasteiger partial charge in [-0.3, -0.25) is 19.9 Å². The van der Waals surface area contributed by atoms with E-state index in [1.54, 1.807) is 7.11 Å². The Morgan fingerprint density at radius 3 is 2.62 bits per heavy atom. The number of rotatable bonds is 5. The summed E-state index contributed by atoms with van der Waals surface area (Å²) in [4.78, 5) is 37.0. The van der Waals surface area contributed by atoms with Gasteiger partial charge in [0.15, 0.2) is 5.60 Å². The standard InChI is InChI=1S/C41H54N6O6/c1-6-38(50)15-9-16-39(36(49)53-5,32-26(13-18-43-24-38)25-11-7-8-12-29(25)44-32)28-21-27-30(22-31(28)52-4)46(3)34-40(27)17-20-47-19-10-14-37(2,33(40)47)23-41(34,51)35(48)45-42/h7-8,10-12,14,21-22,33-34,43-44,50-51H,6,9,13,15-20,23-24,42H2,1-5H3,(H,45,48)/t33-,34+,37-,38-,39-,40+,41+/m0/s1. The van der Waals surface area contributed by atoms with Crippen molar-refractivity contribution in [2.75, 3.05) is 52.3 Å². The van der Waals surface area contributed by atoms with E-state index in [-0.39, 0.29) is 12.5 Å². The molecule has 53 heavy (non-hydrogen) atoms. The van der Waals surface area contributed by atoms with Gasteiger partial charge in [0, 0.05) is 70.9 Å². The summed E-state index contributed by atoms with van der Waals surface area (Å²) in [6.07, 6.45) is 7.76. The lowest BCUT2D eigenvalue weighted by atomic mass is 9.50. The number of para-hydroxylation sites is 1. The molecule has 2 aromatic carbocycles. The summed E-state index contributed by atoms with van der Waals surface area (Å²) in [5.74, 6) is 5.30. The third-order valence-electron chi connectivity index (χ3n) is 13.9. The molecule has 5 aliphatic rings. The summed E-state index contributed by atoms with van der Waals surface area (Å²) in [5, 5.41) is 28.9. The maximum Gasteiger partial charge on any atom is 0.322 e. The molecule has 12 heteroatoms. The number of carbonyl (C=O) groups excluding carboxylic acids is 2. The van der Waals surface area contributed by atoms with Gasteiger partial charge in [-0.25, -0.2) is 5.84 Å². The second-order valence-corrected chi connectivity index (χ2v) is 16.5. The number of carbonyl (C=O) groups is 2. The maximum atomic E-state index is 15.0. The van der Waals surface area contributed by atoms with E-state index in [2.05, 4.69) is 51.8 Å². The predicted octanol–water partition coefficient (Wildman–Crippen LogP) is 2.92. The minimum absolute atomic E-state index is 0.0308. The highest BCUT2D eigenvalue weighted by Crippen LogP contribution is 2.66. The lowest BCUT2D eigenvalue weighted by molar-refractivity contribution is -0.158. The minimum Gasteiger partial charge on any atom is -0.496 e. The van der Waals surface area contributed by atoms with Crippen LogP contribution in [0, 0.1) is 5.41 Å². The minimum atomic E-state index is -1.82. The Kier molecular flexibility index (Phi) is 8.54. The average molecular weight is 727 g/mol. The number of benzene rings is 2. The van der Waals surface area contributed by atoms with E-state index >= 15 is 0 Å². The van der Waals surface area contributed by atoms with Gasteiger partial charge in [-0.1, -0.05) is 44.2 Å². The SMILES string of the molecule is CC[C@]1(O)CCC[C@](C(=O)OC)(c2cc3c(cc2OC)N(C)[C@@H]2[C@]34CCN3CC=C[C@@](C)(C[C@]2(O)C(=O)NN)[C@H]34)c2[nH]c3ccccc3c2CCNC1. The van der Waals surface area contributed by atoms with Crippen molar-refractivity contribution in [3.63, 3.8) is 0 Å². The zero-order valence-electron chi connectivity index (χ0n) is 31.6. The molecule has 0 unspecified atom stereocenters. The predicted molar refractivity (Wildman–Crippen MR) is 203 cm³/mol. The molecule has 1 amide bonds. The van der Waals surface area contributed by atoms with Crippen molar-refractivity contribution in [2.45, 2.75) is 92.9 Å². The van der Waals surface area contributed by atoms with Crippen LogP contribution in [0.3, 0.4) is 0 Å². The first kappa shape index (κ1) is 36.1. The molecule has 0 bridgehead atoms. The fourth-order valence-electron chi connectivity index (χ4n) is 11.8. The van der Waals surface area contributed by atoms with E-state index in [4.69, 9.17) is 15.3 Å². The molecule has 2 fully saturated rings. The molecule has 1 aromatic heterocycles.